The van der Waals surface area contributed by atoms with Crippen LogP contribution in [0.25, 0.3) is 0 Å². The number of Topliss-reactive ketones (excluding diaryl/α,β-unsaturated/α-hetero) is 1. The van der Waals surface area contributed by atoms with Crippen LogP contribution < -0.4 is 20.5 Å². The quantitative estimate of drug-likeness (QED) is 0.111. The summed E-state index contributed by atoms with van der Waals surface area (Å²) in [5.41, 5.74) is 14.3. The second-order valence-electron chi connectivity index (χ2n) is 15.0. The molecule has 0 amide bonds. The van der Waals surface area contributed by atoms with Gasteiger partial charge in [0.15, 0.2) is 17.7 Å². The molecule has 10 nitrogen and oxygen atoms in total. The third kappa shape index (κ3) is 9.59. The van der Waals surface area contributed by atoms with E-state index >= 15 is 0 Å². The molecule has 0 fully saturated rings. The minimum atomic E-state index is -1.06. The Morgan fingerprint density at radius 2 is 1.89 bits per heavy atom. The highest BCUT2D eigenvalue weighted by molar-refractivity contribution is 6.09. The summed E-state index contributed by atoms with van der Waals surface area (Å²) >= 11 is 0. The van der Waals surface area contributed by atoms with Crippen molar-refractivity contribution in [1.29, 1.82) is 0 Å². The third-order valence-corrected chi connectivity index (χ3v) is 10.7. The second-order valence-corrected chi connectivity index (χ2v) is 15.0. The predicted molar refractivity (Wildman–Crippen MR) is 215 cm³/mol. The van der Waals surface area contributed by atoms with Gasteiger partial charge in [-0.1, -0.05) is 85.7 Å². The molecule has 3 aromatic rings. The molecule has 4 heterocycles. The lowest BCUT2D eigenvalue weighted by Gasteiger charge is -2.32. The number of ketones is 1. The van der Waals surface area contributed by atoms with Crippen LogP contribution >= 0.6 is 0 Å². The van der Waals surface area contributed by atoms with Crippen LogP contribution in [0.2, 0.25) is 0 Å². The molecule has 56 heavy (non-hydrogen) atoms. The molecule has 290 valence electrons. The zero-order valence-electron chi connectivity index (χ0n) is 31.8. The van der Waals surface area contributed by atoms with Crippen LogP contribution in [-0.4, -0.2) is 63.2 Å². The molecule has 0 radical (unpaired) electrons. The molecular weight excluding hydrogens is 705 g/mol. The average molecular weight is 755 g/mol. The molecule has 2 bridgehead atoms. The highest BCUT2D eigenvalue weighted by Gasteiger charge is 2.36. The Hall–Kier alpha value is -5.20. The highest BCUT2D eigenvalue weighted by Crippen LogP contribution is 2.37. The van der Waals surface area contributed by atoms with E-state index in [1.165, 1.54) is 5.56 Å². The maximum Gasteiger partial charge on any atom is 0.187 e. The Labute approximate surface area is 329 Å². The molecule has 4 aliphatic heterocycles. The minimum Gasteiger partial charge on any atom is -0.465 e. The first-order valence-corrected chi connectivity index (χ1v) is 19.6. The average Bonchev–Trinajstić information content (AvgIpc) is 3.79. The molecule has 0 aliphatic carbocycles. The lowest BCUT2D eigenvalue weighted by Crippen LogP contribution is -2.41. The van der Waals surface area contributed by atoms with Crippen molar-refractivity contribution in [2.24, 2.45) is 16.6 Å². The fourth-order valence-corrected chi connectivity index (χ4v) is 7.65. The third-order valence-electron chi connectivity index (χ3n) is 10.7. The number of aliphatic hydroxyl groups excluding tert-OH is 3. The van der Waals surface area contributed by atoms with Crippen LogP contribution in [-0.2, 0) is 24.1 Å². The van der Waals surface area contributed by atoms with E-state index < -0.39 is 30.5 Å². The Balaban J connectivity index is 1.10. The molecule has 0 saturated heterocycles. The number of hydrogen-bond acceptors (Lipinski definition) is 10. The molecule has 0 spiro atoms. The standard InChI is InChI=1S/C46H50N4O6/c1-2-7-36(51)25-38(53)26-37(52)15-11-31-12-18-43-44(22-31)56-46-32(10-6-21-55-43)14-17-42(54)39-16-13-33(45(47)48-20-19-30-8-4-3-5-9-30)23-34(39)24-35-27-49-41-29-50(46)28-40(35)41/h3-5,8-9,12-13,16,18,22-23,27-28,32,36,38,42,45-46,48,51,53-54H,2,7,10-11,15,19-20,24-26,29,47H2,1H3. The fourth-order valence-electron chi connectivity index (χ4n) is 7.65. The molecule has 4 aliphatic rings. The van der Waals surface area contributed by atoms with Crippen LogP contribution in [0, 0.1) is 29.8 Å². The van der Waals surface area contributed by atoms with E-state index in [4.69, 9.17) is 20.2 Å². The Kier molecular flexibility index (Phi) is 12.7. The minimum absolute atomic E-state index is 0.00468. The number of rotatable bonds is 14. The molecule has 0 aromatic heterocycles. The SMILES string of the molecule is CCCC(O)CC(O)CC(=O)CCc1ccc2c(c1)OC1C(C#CC(O)c3ccc(C(N)NCCc4ccccc4)cc3CC3=CN=C4CN1C=C34)CC#CO2. The number of hydrogen-bond donors (Lipinski definition) is 5. The zero-order chi connectivity index (χ0) is 39.0. The molecule has 6 N–H and O–H groups in total. The van der Waals surface area contributed by atoms with Gasteiger partial charge >= 0.3 is 0 Å². The van der Waals surface area contributed by atoms with Gasteiger partial charge in [0.05, 0.1) is 36.5 Å². The number of fused-ring (bicyclic) bond motifs is 5. The van der Waals surface area contributed by atoms with Crippen molar-refractivity contribution in [2.75, 3.05) is 13.1 Å². The number of nitrogens with two attached hydrogens (primary N) is 1. The largest absolute Gasteiger partial charge is 0.465 e. The van der Waals surface area contributed by atoms with Crippen molar-refractivity contribution in [3.63, 3.8) is 0 Å². The molecule has 0 saturated carbocycles. The zero-order valence-corrected chi connectivity index (χ0v) is 31.8. The normalized spacial score (nSPS) is 20.9. The Morgan fingerprint density at radius 3 is 2.73 bits per heavy atom. The van der Waals surface area contributed by atoms with Gasteiger partial charge in [0.1, 0.15) is 18.0 Å². The summed E-state index contributed by atoms with van der Waals surface area (Å²) < 4.78 is 12.6. The monoisotopic (exact) mass is 754 g/mol. The Bertz CT molecular complexity index is 2120. The first-order chi connectivity index (χ1) is 27.2. The van der Waals surface area contributed by atoms with E-state index in [0.29, 0.717) is 49.3 Å². The summed E-state index contributed by atoms with van der Waals surface area (Å²) in [7, 11) is 0. The van der Waals surface area contributed by atoms with Gasteiger partial charge in [-0.05, 0) is 71.2 Å². The number of benzene rings is 3. The number of nitrogens with zero attached hydrogens (tertiary/aromatic N) is 2. The first kappa shape index (κ1) is 39.1. The van der Waals surface area contributed by atoms with Gasteiger partial charge in [0.2, 0.25) is 0 Å². The number of ether oxygens (including phenoxy) is 2. The van der Waals surface area contributed by atoms with E-state index in [1.807, 2.05) is 55.6 Å². The van der Waals surface area contributed by atoms with Gasteiger partial charge in [0, 0.05) is 50.2 Å². The molecule has 7 rings (SSSR count). The molecule has 3 aromatic carbocycles. The van der Waals surface area contributed by atoms with E-state index in [1.54, 1.807) is 6.07 Å². The summed E-state index contributed by atoms with van der Waals surface area (Å²) in [6, 6.07) is 21.8. The number of aliphatic imine (C=N–C) groups is 1. The fraction of sp³-hybridized carbons (Fsp3) is 0.391. The van der Waals surface area contributed by atoms with E-state index in [-0.39, 0.29) is 31.2 Å². The van der Waals surface area contributed by atoms with Crippen molar-refractivity contribution in [3.05, 3.63) is 118 Å². The lowest BCUT2D eigenvalue weighted by atomic mass is 9.91. The van der Waals surface area contributed by atoms with Gasteiger partial charge in [0.25, 0.3) is 0 Å². The number of aliphatic hydroxyl groups is 3. The molecule has 10 heteroatoms. The van der Waals surface area contributed by atoms with Crippen molar-refractivity contribution in [3.8, 4) is 35.4 Å². The summed E-state index contributed by atoms with van der Waals surface area (Å²) in [6.45, 7) is 3.21. The molecule has 6 unspecified atom stereocenters. The van der Waals surface area contributed by atoms with Gasteiger partial charge in [-0.25, -0.2) is 0 Å². The Morgan fingerprint density at radius 1 is 1.04 bits per heavy atom. The lowest BCUT2D eigenvalue weighted by molar-refractivity contribution is -0.121. The van der Waals surface area contributed by atoms with E-state index in [0.717, 1.165) is 52.9 Å². The van der Waals surface area contributed by atoms with Gasteiger partial charge in [-0.15, -0.1) is 0 Å². The van der Waals surface area contributed by atoms with Crippen LogP contribution in [0.1, 0.15) is 85.5 Å². The summed E-state index contributed by atoms with van der Waals surface area (Å²) in [5.74, 6) is 9.99. The summed E-state index contributed by atoms with van der Waals surface area (Å²) in [6.07, 6.45) is 7.32. The van der Waals surface area contributed by atoms with Crippen LogP contribution in [0.3, 0.4) is 0 Å². The first-order valence-electron chi connectivity index (χ1n) is 19.6. The van der Waals surface area contributed by atoms with Crippen molar-refractivity contribution >= 4 is 11.5 Å². The maximum absolute atomic E-state index is 12.8. The molecular formula is C46H50N4O6. The summed E-state index contributed by atoms with van der Waals surface area (Å²) in [5, 5.41) is 35.4. The van der Waals surface area contributed by atoms with Crippen molar-refractivity contribution in [1.82, 2.24) is 10.2 Å². The van der Waals surface area contributed by atoms with Crippen LogP contribution in [0.5, 0.6) is 11.5 Å². The van der Waals surface area contributed by atoms with Crippen molar-refractivity contribution in [2.45, 2.75) is 95.4 Å². The topological polar surface area (TPSA) is 150 Å². The number of carbonyl (C=O) groups is 1. The second kappa shape index (κ2) is 18.2. The van der Waals surface area contributed by atoms with Crippen LogP contribution in [0.4, 0.5) is 0 Å². The van der Waals surface area contributed by atoms with E-state index in [2.05, 4.69) is 58.5 Å². The predicted octanol–water partition coefficient (Wildman–Crippen LogP) is 5.18. The maximum atomic E-state index is 12.8. The van der Waals surface area contributed by atoms with Crippen LogP contribution in [0.15, 0.2) is 95.3 Å². The smallest absolute Gasteiger partial charge is 0.187 e. The van der Waals surface area contributed by atoms with Crippen molar-refractivity contribution < 1.29 is 29.6 Å². The number of aryl methyl sites for hydroxylation is 1. The number of carbonyl (C=O) groups excluding carboxylic acids is 1. The van der Waals surface area contributed by atoms with Gasteiger partial charge < -0.3 is 35.4 Å². The number of allylic oxidation sites excluding steroid dienone is 1. The summed E-state index contributed by atoms with van der Waals surface area (Å²) in [4.78, 5) is 19.7. The van der Waals surface area contributed by atoms with Gasteiger partial charge in [-0.3, -0.25) is 15.1 Å². The number of nitrogens with one attached hydrogen (secondary N) is 1. The van der Waals surface area contributed by atoms with Gasteiger partial charge in [-0.2, -0.15) is 0 Å². The molecule has 6 atom stereocenters. The van der Waals surface area contributed by atoms with E-state index in [9.17, 15) is 20.1 Å². The highest BCUT2D eigenvalue weighted by atomic mass is 16.5.